The molecule has 0 saturated heterocycles. The van der Waals surface area contributed by atoms with E-state index in [1.807, 2.05) is 0 Å². The van der Waals surface area contributed by atoms with E-state index in [1.54, 1.807) is 13.8 Å². The fourth-order valence-corrected chi connectivity index (χ4v) is 2.79. The topological polar surface area (TPSA) is 24.9 Å². The highest BCUT2D eigenvalue weighted by atomic mass is 35.5. The van der Waals surface area contributed by atoms with Crippen LogP contribution in [0, 0.1) is 13.8 Å². The number of fused-ring (bicyclic) bond motifs is 1. The van der Waals surface area contributed by atoms with Gasteiger partial charge in [0.2, 0.25) is 0 Å². The zero-order valence-corrected chi connectivity index (χ0v) is 13.1. The van der Waals surface area contributed by atoms with Crippen LogP contribution in [-0.4, -0.2) is 11.5 Å². The van der Waals surface area contributed by atoms with Gasteiger partial charge in [-0.25, -0.2) is 4.98 Å². The first-order valence-electron chi connectivity index (χ1n) is 6.28. The maximum atomic E-state index is 13.1. The second-order valence-corrected chi connectivity index (χ2v) is 5.49. The Hall–Kier alpha value is -1.20. The molecular formula is C14H13Cl2F3N2. The van der Waals surface area contributed by atoms with Gasteiger partial charge in [0, 0.05) is 17.5 Å². The van der Waals surface area contributed by atoms with Crippen LogP contribution >= 0.6 is 23.2 Å². The van der Waals surface area contributed by atoms with Crippen LogP contribution in [0.2, 0.25) is 10.0 Å². The average molecular weight is 337 g/mol. The molecule has 21 heavy (non-hydrogen) atoms. The molecule has 1 aromatic heterocycles. The Kier molecular flexibility index (Phi) is 4.26. The van der Waals surface area contributed by atoms with Crippen molar-refractivity contribution < 1.29 is 13.2 Å². The van der Waals surface area contributed by atoms with Crippen LogP contribution in [0.1, 0.15) is 23.7 Å². The minimum Gasteiger partial charge on any atom is -0.384 e. The van der Waals surface area contributed by atoms with Gasteiger partial charge < -0.3 is 5.32 Å². The number of hydrogen-bond acceptors (Lipinski definition) is 2. The number of alkyl halides is 3. The van der Waals surface area contributed by atoms with Crippen molar-refractivity contribution >= 4 is 39.8 Å². The van der Waals surface area contributed by atoms with Gasteiger partial charge >= 0.3 is 6.18 Å². The minimum atomic E-state index is -4.55. The lowest BCUT2D eigenvalue weighted by molar-refractivity contribution is -0.141. The molecule has 0 unspecified atom stereocenters. The Balaban J connectivity index is 3.00. The first-order chi connectivity index (χ1) is 9.68. The van der Waals surface area contributed by atoms with Crippen LogP contribution in [0.3, 0.4) is 0 Å². The number of rotatable bonds is 2. The van der Waals surface area contributed by atoms with E-state index in [0.717, 1.165) is 0 Å². The summed E-state index contributed by atoms with van der Waals surface area (Å²) in [5.74, 6) is 0. The first-order valence-corrected chi connectivity index (χ1v) is 7.04. The van der Waals surface area contributed by atoms with Crippen molar-refractivity contribution in [3.8, 4) is 0 Å². The summed E-state index contributed by atoms with van der Waals surface area (Å²) in [7, 11) is 0. The highest BCUT2D eigenvalue weighted by molar-refractivity contribution is 6.41. The smallest absolute Gasteiger partial charge is 0.384 e. The van der Waals surface area contributed by atoms with E-state index < -0.39 is 11.9 Å². The van der Waals surface area contributed by atoms with E-state index in [0.29, 0.717) is 28.2 Å². The summed E-state index contributed by atoms with van der Waals surface area (Å²) in [6.07, 6.45) is -4.55. The Morgan fingerprint density at radius 3 is 2.38 bits per heavy atom. The molecule has 1 aromatic carbocycles. The molecule has 2 aromatic rings. The summed E-state index contributed by atoms with van der Waals surface area (Å²) in [4.78, 5) is 3.71. The number of anilines is 1. The molecule has 2 rings (SSSR count). The SMILES string of the molecule is CCNc1c(C)c(C(F)(F)F)nc2c(Cl)cc(C)c(Cl)c12. The lowest BCUT2D eigenvalue weighted by atomic mass is 10.0. The molecule has 7 heteroatoms. The third kappa shape index (κ3) is 2.77. The number of benzene rings is 1. The number of aryl methyl sites for hydroxylation is 1. The molecule has 0 aliphatic heterocycles. The van der Waals surface area contributed by atoms with Crippen molar-refractivity contribution in [2.75, 3.05) is 11.9 Å². The lowest BCUT2D eigenvalue weighted by Gasteiger charge is -2.19. The molecule has 2 nitrogen and oxygen atoms in total. The van der Waals surface area contributed by atoms with Gasteiger partial charge in [0.05, 0.1) is 21.2 Å². The number of nitrogens with zero attached hydrogens (tertiary/aromatic N) is 1. The van der Waals surface area contributed by atoms with Crippen LogP contribution in [-0.2, 0) is 6.18 Å². The largest absolute Gasteiger partial charge is 0.433 e. The van der Waals surface area contributed by atoms with Crippen LogP contribution in [0.5, 0.6) is 0 Å². The Morgan fingerprint density at radius 2 is 1.86 bits per heavy atom. The molecular weight excluding hydrogens is 324 g/mol. The van der Waals surface area contributed by atoms with Gasteiger partial charge in [-0.15, -0.1) is 0 Å². The predicted molar refractivity (Wildman–Crippen MR) is 80.4 cm³/mol. The second-order valence-electron chi connectivity index (χ2n) is 4.70. The van der Waals surface area contributed by atoms with E-state index in [-0.39, 0.29) is 16.1 Å². The van der Waals surface area contributed by atoms with Crippen LogP contribution in [0.25, 0.3) is 10.9 Å². The van der Waals surface area contributed by atoms with Crippen molar-refractivity contribution in [1.29, 1.82) is 0 Å². The number of pyridine rings is 1. The number of halogens is 5. The molecule has 1 N–H and O–H groups in total. The molecule has 114 valence electrons. The molecule has 0 aliphatic rings. The Labute approximate surface area is 130 Å². The molecule has 0 bridgehead atoms. The van der Waals surface area contributed by atoms with E-state index in [1.165, 1.54) is 13.0 Å². The van der Waals surface area contributed by atoms with Gasteiger partial charge in [0.25, 0.3) is 0 Å². The maximum absolute atomic E-state index is 13.1. The summed E-state index contributed by atoms with van der Waals surface area (Å²) >= 11 is 12.3. The van der Waals surface area contributed by atoms with Crippen molar-refractivity contribution in [1.82, 2.24) is 4.98 Å². The standard InChI is InChI=1S/C14H13Cl2F3N2/c1-4-20-11-7(3)13(14(17,18)19)21-12-8(15)5-6(2)10(16)9(11)12/h5H,4H2,1-3H3,(H,20,21). The molecule has 0 aliphatic carbocycles. The van der Waals surface area contributed by atoms with Crippen LogP contribution in [0.4, 0.5) is 18.9 Å². The van der Waals surface area contributed by atoms with Gasteiger partial charge in [-0.1, -0.05) is 23.2 Å². The van der Waals surface area contributed by atoms with Crippen molar-refractivity contribution in [3.05, 3.63) is 32.9 Å². The van der Waals surface area contributed by atoms with E-state index >= 15 is 0 Å². The van der Waals surface area contributed by atoms with E-state index in [2.05, 4.69) is 10.3 Å². The van der Waals surface area contributed by atoms with Crippen molar-refractivity contribution in [2.24, 2.45) is 0 Å². The van der Waals surface area contributed by atoms with Crippen LogP contribution in [0.15, 0.2) is 6.07 Å². The molecule has 0 atom stereocenters. The number of hydrogen-bond donors (Lipinski definition) is 1. The highest BCUT2D eigenvalue weighted by Gasteiger charge is 2.36. The normalized spacial score (nSPS) is 12.0. The van der Waals surface area contributed by atoms with Gasteiger partial charge in [0.1, 0.15) is 5.69 Å². The maximum Gasteiger partial charge on any atom is 0.433 e. The van der Waals surface area contributed by atoms with Gasteiger partial charge in [0.15, 0.2) is 0 Å². The quantitative estimate of drug-likeness (QED) is 0.770. The molecule has 0 fully saturated rings. The molecule has 0 saturated carbocycles. The van der Waals surface area contributed by atoms with Gasteiger partial charge in [-0.2, -0.15) is 13.2 Å². The van der Waals surface area contributed by atoms with Gasteiger partial charge in [-0.05, 0) is 32.4 Å². The van der Waals surface area contributed by atoms with Crippen molar-refractivity contribution in [3.63, 3.8) is 0 Å². The molecule has 0 amide bonds. The zero-order valence-electron chi connectivity index (χ0n) is 11.6. The Bertz CT molecular complexity index is 712. The average Bonchev–Trinajstić information content (AvgIpc) is 2.37. The molecule has 0 radical (unpaired) electrons. The van der Waals surface area contributed by atoms with Crippen LogP contribution < -0.4 is 5.32 Å². The minimum absolute atomic E-state index is 0.0143. The van der Waals surface area contributed by atoms with E-state index in [9.17, 15) is 13.2 Å². The third-order valence-electron chi connectivity index (χ3n) is 3.20. The Morgan fingerprint density at radius 1 is 1.24 bits per heavy atom. The number of aromatic nitrogens is 1. The van der Waals surface area contributed by atoms with Gasteiger partial charge in [-0.3, -0.25) is 0 Å². The van der Waals surface area contributed by atoms with E-state index in [4.69, 9.17) is 23.2 Å². The zero-order chi connectivity index (χ0) is 15.9. The fraction of sp³-hybridized carbons (Fsp3) is 0.357. The van der Waals surface area contributed by atoms with Crippen molar-refractivity contribution in [2.45, 2.75) is 26.9 Å². The number of nitrogens with one attached hydrogen (secondary N) is 1. The first kappa shape index (κ1) is 16.2. The lowest BCUT2D eigenvalue weighted by Crippen LogP contribution is -2.14. The predicted octanol–water partition coefficient (Wildman–Crippen LogP) is 5.61. The summed E-state index contributed by atoms with van der Waals surface area (Å²) in [6.45, 7) is 5.37. The highest BCUT2D eigenvalue weighted by Crippen LogP contribution is 2.42. The second kappa shape index (κ2) is 5.54. The molecule has 0 spiro atoms. The third-order valence-corrected chi connectivity index (χ3v) is 3.97. The summed E-state index contributed by atoms with van der Waals surface area (Å²) < 4.78 is 39.4. The summed E-state index contributed by atoms with van der Waals surface area (Å²) in [5.41, 5.74) is 0.133. The monoisotopic (exact) mass is 336 g/mol. The fourth-order valence-electron chi connectivity index (χ4n) is 2.26. The summed E-state index contributed by atoms with van der Waals surface area (Å²) in [5, 5.41) is 3.87. The summed E-state index contributed by atoms with van der Waals surface area (Å²) in [6, 6.07) is 1.52. The molecule has 1 heterocycles.